The third-order valence-electron chi connectivity index (χ3n) is 4.49. The van der Waals surface area contributed by atoms with Gasteiger partial charge in [0.25, 0.3) is 5.91 Å². The third-order valence-corrected chi connectivity index (χ3v) is 6.60. The highest BCUT2D eigenvalue weighted by Crippen LogP contribution is 2.33. The number of hydrogen-bond donors (Lipinski definition) is 0. The summed E-state index contributed by atoms with van der Waals surface area (Å²) in [6.07, 6.45) is 2.65. The summed E-state index contributed by atoms with van der Waals surface area (Å²) >= 11 is 2.96. The Balaban J connectivity index is 1.81. The van der Waals surface area contributed by atoms with Gasteiger partial charge in [0.1, 0.15) is 4.88 Å². The van der Waals surface area contributed by atoms with Gasteiger partial charge in [0.2, 0.25) is 0 Å². The first kappa shape index (κ1) is 18.7. The molecule has 0 radical (unpaired) electrons. The predicted octanol–water partition coefficient (Wildman–Crippen LogP) is 5.17. The normalized spacial score (nSPS) is 11.1. The van der Waals surface area contributed by atoms with E-state index in [1.54, 1.807) is 22.4 Å². The van der Waals surface area contributed by atoms with Crippen molar-refractivity contribution in [2.75, 3.05) is 4.90 Å². The number of fused-ring (bicyclic) bond motifs is 1. The lowest BCUT2D eigenvalue weighted by Crippen LogP contribution is -2.30. The van der Waals surface area contributed by atoms with Crippen LogP contribution in [-0.4, -0.2) is 20.9 Å². The van der Waals surface area contributed by atoms with Crippen LogP contribution in [0.5, 0.6) is 0 Å². The molecule has 3 aromatic heterocycles. The highest BCUT2D eigenvalue weighted by Gasteiger charge is 2.26. The van der Waals surface area contributed by atoms with Gasteiger partial charge in [-0.15, -0.1) is 11.3 Å². The number of benzene rings is 1. The number of rotatable bonds is 5. The number of hydrogen-bond acceptors (Lipinski definition) is 6. The van der Waals surface area contributed by atoms with Crippen LogP contribution in [0.25, 0.3) is 10.2 Å². The molecule has 1 aromatic carbocycles. The second kappa shape index (κ2) is 7.77. The molecule has 7 heteroatoms. The zero-order chi connectivity index (χ0) is 19.7. The first-order valence-electron chi connectivity index (χ1n) is 9.11. The summed E-state index contributed by atoms with van der Waals surface area (Å²) in [5, 5.41) is 1.58. The zero-order valence-electron chi connectivity index (χ0n) is 16.0. The fourth-order valence-electron chi connectivity index (χ4n) is 3.13. The van der Waals surface area contributed by atoms with Crippen molar-refractivity contribution in [2.45, 2.75) is 33.7 Å². The van der Waals surface area contributed by atoms with Gasteiger partial charge in [-0.2, -0.15) is 0 Å². The maximum atomic E-state index is 13.5. The summed E-state index contributed by atoms with van der Waals surface area (Å²) in [6, 6.07) is 11.9. The van der Waals surface area contributed by atoms with Gasteiger partial charge in [0, 0.05) is 6.20 Å². The van der Waals surface area contributed by atoms with Crippen molar-refractivity contribution in [1.29, 1.82) is 0 Å². The second-order valence-corrected chi connectivity index (χ2v) is 8.69. The Morgan fingerprint density at radius 3 is 2.61 bits per heavy atom. The molecule has 3 heterocycles. The molecule has 5 nitrogen and oxygen atoms in total. The molecular weight excluding hydrogens is 388 g/mol. The molecule has 0 N–H and O–H groups in total. The SMILES string of the molecule is CCc1cccc2sc(N(Cc3ccccn3)C(=O)c3sc(C)nc3C)nc12. The highest BCUT2D eigenvalue weighted by atomic mass is 32.1. The molecule has 0 aliphatic carbocycles. The van der Waals surface area contributed by atoms with E-state index in [1.807, 2.05) is 38.1 Å². The summed E-state index contributed by atoms with van der Waals surface area (Å²) in [4.78, 5) is 29.5. The van der Waals surface area contributed by atoms with E-state index in [9.17, 15) is 4.79 Å². The van der Waals surface area contributed by atoms with Crippen LogP contribution < -0.4 is 4.90 Å². The summed E-state index contributed by atoms with van der Waals surface area (Å²) in [5.41, 5.74) is 3.75. The summed E-state index contributed by atoms with van der Waals surface area (Å²) < 4.78 is 1.09. The molecule has 1 amide bonds. The second-order valence-electron chi connectivity index (χ2n) is 6.47. The van der Waals surface area contributed by atoms with E-state index < -0.39 is 0 Å². The monoisotopic (exact) mass is 408 g/mol. The molecule has 0 fully saturated rings. The fraction of sp³-hybridized carbons (Fsp3) is 0.238. The molecular formula is C21H20N4OS2. The average Bonchev–Trinajstić information content (AvgIpc) is 3.28. The number of thiazole rings is 2. The van der Waals surface area contributed by atoms with E-state index >= 15 is 0 Å². The van der Waals surface area contributed by atoms with Crippen molar-refractivity contribution in [3.8, 4) is 0 Å². The van der Waals surface area contributed by atoms with Crippen LogP contribution in [0.15, 0.2) is 42.6 Å². The van der Waals surface area contributed by atoms with E-state index in [4.69, 9.17) is 4.98 Å². The number of aromatic nitrogens is 3. The number of amides is 1. The smallest absolute Gasteiger partial charge is 0.272 e. The van der Waals surface area contributed by atoms with Crippen LogP contribution in [-0.2, 0) is 13.0 Å². The molecule has 0 bridgehead atoms. The maximum Gasteiger partial charge on any atom is 0.272 e. The molecule has 0 aliphatic rings. The quantitative estimate of drug-likeness (QED) is 0.457. The van der Waals surface area contributed by atoms with Crippen molar-refractivity contribution in [3.63, 3.8) is 0 Å². The number of nitrogens with zero attached hydrogens (tertiary/aromatic N) is 4. The first-order valence-corrected chi connectivity index (χ1v) is 10.7. The molecule has 4 aromatic rings. The molecule has 4 rings (SSSR count). The van der Waals surface area contributed by atoms with Crippen molar-refractivity contribution in [2.24, 2.45) is 0 Å². The van der Waals surface area contributed by atoms with Gasteiger partial charge in [-0.1, -0.05) is 36.5 Å². The number of pyridine rings is 1. The van der Waals surface area contributed by atoms with Gasteiger partial charge in [-0.05, 0) is 44.0 Å². The number of anilines is 1. The van der Waals surface area contributed by atoms with Crippen molar-refractivity contribution in [3.05, 3.63) is 69.4 Å². The van der Waals surface area contributed by atoms with Crippen LogP contribution in [0.3, 0.4) is 0 Å². The summed E-state index contributed by atoms with van der Waals surface area (Å²) in [7, 11) is 0. The van der Waals surface area contributed by atoms with Crippen LogP contribution >= 0.6 is 22.7 Å². The van der Waals surface area contributed by atoms with Crippen LogP contribution in [0.1, 0.15) is 38.6 Å². The summed E-state index contributed by atoms with van der Waals surface area (Å²) in [5.74, 6) is -0.0779. The molecule has 28 heavy (non-hydrogen) atoms. The van der Waals surface area contributed by atoms with E-state index in [0.717, 1.165) is 33.0 Å². The van der Waals surface area contributed by atoms with Gasteiger partial charge in [0.05, 0.1) is 33.2 Å². The Kier molecular flexibility index (Phi) is 5.19. The predicted molar refractivity (Wildman–Crippen MR) is 115 cm³/mol. The fourth-order valence-corrected chi connectivity index (χ4v) is 5.01. The van der Waals surface area contributed by atoms with Crippen molar-refractivity contribution < 1.29 is 4.79 Å². The molecule has 0 aliphatic heterocycles. The Hall–Kier alpha value is -2.64. The Bertz CT molecular complexity index is 1130. The average molecular weight is 409 g/mol. The largest absolute Gasteiger partial charge is 0.277 e. The number of carbonyl (C=O) groups is 1. The molecule has 0 unspecified atom stereocenters. The minimum atomic E-state index is -0.0779. The van der Waals surface area contributed by atoms with Crippen molar-refractivity contribution in [1.82, 2.24) is 15.0 Å². The van der Waals surface area contributed by atoms with Crippen LogP contribution in [0.4, 0.5) is 5.13 Å². The van der Waals surface area contributed by atoms with E-state index in [2.05, 4.69) is 29.0 Å². The van der Waals surface area contributed by atoms with Gasteiger partial charge in [0.15, 0.2) is 5.13 Å². The lowest BCUT2D eigenvalue weighted by Gasteiger charge is -2.19. The first-order chi connectivity index (χ1) is 13.6. The number of aryl methyl sites for hydroxylation is 3. The van der Waals surface area contributed by atoms with Crippen LogP contribution in [0.2, 0.25) is 0 Å². The minimum absolute atomic E-state index is 0.0779. The minimum Gasteiger partial charge on any atom is -0.277 e. The Labute approximate surface area is 171 Å². The standard InChI is InChI=1S/C21H20N4OS2/c1-4-15-8-7-10-17-18(15)24-21(28-17)25(12-16-9-5-6-11-22-16)20(26)19-13(2)23-14(3)27-19/h5-11H,4,12H2,1-3H3. The van der Waals surface area contributed by atoms with E-state index in [1.165, 1.54) is 16.9 Å². The molecule has 0 atom stereocenters. The van der Waals surface area contributed by atoms with Gasteiger partial charge >= 0.3 is 0 Å². The molecule has 0 saturated carbocycles. The van der Waals surface area contributed by atoms with E-state index in [-0.39, 0.29) is 5.91 Å². The highest BCUT2D eigenvalue weighted by molar-refractivity contribution is 7.22. The topological polar surface area (TPSA) is 59.0 Å². The van der Waals surface area contributed by atoms with Gasteiger partial charge in [-0.3, -0.25) is 14.7 Å². The molecule has 142 valence electrons. The Morgan fingerprint density at radius 2 is 1.93 bits per heavy atom. The Morgan fingerprint density at radius 1 is 1.07 bits per heavy atom. The molecule has 0 saturated heterocycles. The van der Waals surface area contributed by atoms with Crippen molar-refractivity contribution >= 4 is 43.9 Å². The number of carbonyl (C=O) groups excluding carboxylic acids is 1. The lowest BCUT2D eigenvalue weighted by atomic mass is 10.1. The van der Waals surface area contributed by atoms with Gasteiger partial charge in [-0.25, -0.2) is 9.97 Å². The van der Waals surface area contributed by atoms with Crippen LogP contribution in [0, 0.1) is 13.8 Å². The third kappa shape index (κ3) is 3.55. The number of para-hydroxylation sites is 1. The summed E-state index contributed by atoms with van der Waals surface area (Å²) in [6.45, 7) is 6.29. The van der Waals surface area contributed by atoms with Gasteiger partial charge < -0.3 is 0 Å². The maximum absolute atomic E-state index is 13.5. The lowest BCUT2D eigenvalue weighted by molar-refractivity contribution is 0.0988. The van der Waals surface area contributed by atoms with E-state index in [0.29, 0.717) is 16.6 Å². The zero-order valence-corrected chi connectivity index (χ0v) is 17.6. The molecule has 0 spiro atoms.